The lowest BCUT2D eigenvalue weighted by molar-refractivity contribution is -0.122. The number of urea groups is 1. The van der Waals surface area contributed by atoms with Crippen LogP contribution in [0.1, 0.15) is 5.56 Å². The molecule has 3 aromatic rings. The van der Waals surface area contributed by atoms with E-state index in [-0.39, 0.29) is 27.5 Å². The molecule has 0 atom stereocenters. The molecule has 0 spiro atoms. The molecular weight excluding hydrogens is 432 g/mol. The van der Waals surface area contributed by atoms with Crippen LogP contribution in [0.15, 0.2) is 95.4 Å². The highest BCUT2D eigenvalue weighted by atomic mass is 32.2. The van der Waals surface area contributed by atoms with Gasteiger partial charge in [-0.1, -0.05) is 54.6 Å². The van der Waals surface area contributed by atoms with E-state index < -0.39 is 28.0 Å². The number of rotatable bonds is 5. The molecule has 1 saturated heterocycles. The molecule has 1 aliphatic heterocycles. The van der Waals surface area contributed by atoms with Crippen molar-refractivity contribution in [3.63, 3.8) is 0 Å². The standard InChI is InChI=1S/C23H16N2O6S/c26-21-19(22(27)25(23(28)24-21)17-10-3-1-4-11-17)15-16-9-7-8-14-20(16)31-32(29,30)18-12-5-2-6-13-18/h1-15H,(H,24,26,28)/b19-15+. The number of hydrogen-bond acceptors (Lipinski definition) is 6. The largest absolute Gasteiger partial charge is 0.378 e. The van der Waals surface area contributed by atoms with E-state index in [2.05, 4.69) is 5.32 Å². The van der Waals surface area contributed by atoms with Crippen molar-refractivity contribution in [2.75, 3.05) is 4.90 Å². The molecular formula is C23H16N2O6S. The Labute approximate surface area is 183 Å². The minimum Gasteiger partial charge on any atom is -0.378 e. The SMILES string of the molecule is O=C1NC(=O)N(c2ccccc2)C(=O)/C1=C/c1ccccc1OS(=O)(=O)c1ccccc1. The Morgan fingerprint density at radius 3 is 2.06 bits per heavy atom. The van der Waals surface area contributed by atoms with Gasteiger partial charge in [0.2, 0.25) is 0 Å². The van der Waals surface area contributed by atoms with Gasteiger partial charge in [-0.05, 0) is 36.4 Å². The molecule has 0 aliphatic carbocycles. The number of amides is 4. The van der Waals surface area contributed by atoms with Crippen molar-refractivity contribution in [3.8, 4) is 5.75 Å². The van der Waals surface area contributed by atoms with Crippen LogP contribution in [0.3, 0.4) is 0 Å². The van der Waals surface area contributed by atoms with Gasteiger partial charge in [-0.25, -0.2) is 9.69 Å². The molecule has 1 heterocycles. The molecule has 0 aromatic heterocycles. The summed E-state index contributed by atoms with van der Waals surface area (Å²) < 4.78 is 30.5. The summed E-state index contributed by atoms with van der Waals surface area (Å²) in [6.07, 6.45) is 1.19. The van der Waals surface area contributed by atoms with E-state index in [0.29, 0.717) is 0 Å². The van der Waals surface area contributed by atoms with Crippen LogP contribution in [-0.2, 0) is 19.7 Å². The van der Waals surface area contributed by atoms with Gasteiger partial charge in [-0.15, -0.1) is 0 Å². The number of carbonyl (C=O) groups is 3. The van der Waals surface area contributed by atoms with Gasteiger partial charge >= 0.3 is 16.1 Å². The number of benzene rings is 3. The summed E-state index contributed by atoms with van der Waals surface area (Å²) in [7, 11) is -4.15. The first-order valence-corrected chi connectivity index (χ1v) is 10.8. The molecule has 1 aliphatic rings. The molecule has 0 saturated carbocycles. The molecule has 0 bridgehead atoms. The average molecular weight is 448 g/mol. The molecule has 3 aromatic carbocycles. The van der Waals surface area contributed by atoms with E-state index in [0.717, 1.165) is 4.90 Å². The van der Waals surface area contributed by atoms with Gasteiger partial charge in [0, 0.05) is 5.56 Å². The predicted octanol–water partition coefficient (Wildman–Crippen LogP) is 3.12. The Morgan fingerprint density at radius 1 is 0.781 bits per heavy atom. The average Bonchev–Trinajstić information content (AvgIpc) is 2.79. The fourth-order valence-electron chi connectivity index (χ4n) is 3.05. The molecule has 4 amide bonds. The maximum atomic E-state index is 13.0. The van der Waals surface area contributed by atoms with Gasteiger partial charge in [0.1, 0.15) is 16.2 Å². The third-order valence-electron chi connectivity index (χ3n) is 4.57. The van der Waals surface area contributed by atoms with E-state index in [1.165, 1.54) is 30.3 Å². The Bertz CT molecular complexity index is 1340. The molecule has 1 fully saturated rings. The fourth-order valence-corrected chi connectivity index (χ4v) is 4.03. The van der Waals surface area contributed by atoms with Gasteiger partial charge in [-0.3, -0.25) is 14.9 Å². The summed E-state index contributed by atoms with van der Waals surface area (Å²) in [5, 5.41) is 2.12. The van der Waals surface area contributed by atoms with E-state index in [9.17, 15) is 22.8 Å². The van der Waals surface area contributed by atoms with Crippen molar-refractivity contribution in [2.45, 2.75) is 4.90 Å². The highest BCUT2D eigenvalue weighted by Gasteiger charge is 2.37. The summed E-state index contributed by atoms with van der Waals surface area (Å²) in [4.78, 5) is 38.4. The van der Waals surface area contributed by atoms with Crippen LogP contribution in [-0.4, -0.2) is 26.3 Å². The van der Waals surface area contributed by atoms with Gasteiger partial charge in [-0.2, -0.15) is 8.42 Å². The normalized spacial score (nSPS) is 15.6. The van der Waals surface area contributed by atoms with E-state index >= 15 is 0 Å². The number of nitrogens with zero attached hydrogens (tertiary/aromatic N) is 1. The van der Waals surface area contributed by atoms with Gasteiger partial charge < -0.3 is 4.18 Å². The van der Waals surface area contributed by atoms with Crippen LogP contribution in [0, 0.1) is 0 Å². The number of barbiturate groups is 1. The summed E-state index contributed by atoms with van der Waals surface area (Å²) in [5.41, 5.74) is 0.110. The molecule has 0 radical (unpaired) electrons. The highest BCUT2D eigenvalue weighted by Crippen LogP contribution is 2.27. The first-order valence-electron chi connectivity index (χ1n) is 9.42. The lowest BCUT2D eigenvalue weighted by Crippen LogP contribution is -2.54. The number of para-hydroxylation sites is 2. The highest BCUT2D eigenvalue weighted by molar-refractivity contribution is 7.87. The maximum absolute atomic E-state index is 13.0. The fraction of sp³-hybridized carbons (Fsp3) is 0. The van der Waals surface area contributed by atoms with Crippen molar-refractivity contribution in [1.29, 1.82) is 0 Å². The van der Waals surface area contributed by atoms with Crippen molar-refractivity contribution < 1.29 is 27.0 Å². The van der Waals surface area contributed by atoms with Crippen molar-refractivity contribution in [1.82, 2.24) is 5.32 Å². The van der Waals surface area contributed by atoms with Crippen molar-refractivity contribution in [2.24, 2.45) is 0 Å². The quantitative estimate of drug-likeness (QED) is 0.365. The van der Waals surface area contributed by atoms with Crippen LogP contribution < -0.4 is 14.4 Å². The number of nitrogens with one attached hydrogen (secondary N) is 1. The molecule has 8 nitrogen and oxygen atoms in total. The minimum absolute atomic E-state index is 0.0465. The smallest absolute Gasteiger partial charge is 0.339 e. The van der Waals surface area contributed by atoms with Gasteiger partial charge in [0.15, 0.2) is 0 Å². The van der Waals surface area contributed by atoms with E-state index in [1.807, 2.05) is 0 Å². The van der Waals surface area contributed by atoms with Crippen LogP contribution >= 0.6 is 0 Å². The second-order valence-electron chi connectivity index (χ2n) is 6.68. The first-order chi connectivity index (χ1) is 15.4. The zero-order valence-corrected chi connectivity index (χ0v) is 17.3. The Kier molecular flexibility index (Phi) is 5.57. The topological polar surface area (TPSA) is 110 Å². The maximum Gasteiger partial charge on any atom is 0.339 e. The Morgan fingerprint density at radius 2 is 1.38 bits per heavy atom. The van der Waals surface area contributed by atoms with Gasteiger partial charge in [0.25, 0.3) is 11.8 Å². The Hall–Kier alpha value is -4.24. The molecule has 9 heteroatoms. The zero-order chi connectivity index (χ0) is 22.7. The Balaban J connectivity index is 1.72. The molecule has 1 N–H and O–H groups in total. The molecule has 32 heavy (non-hydrogen) atoms. The first kappa shape index (κ1) is 21.0. The van der Waals surface area contributed by atoms with Gasteiger partial charge in [0.05, 0.1) is 5.69 Å². The van der Waals surface area contributed by atoms with E-state index in [4.69, 9.17) is 4.18 Å². The lowest BCUT2D eigenvalue weighted by Gasteiger charge is -2.26. The van der Waals surface area contributed by atoms with Crippen LogP contribution in [0.5, 0.6) is 5.75 Å². The second-order valence-corrected chi connectivity index (χ2v) is 8.23. The molecule has 160 valence electrons. The third kappa shape index (κ3) is 4.14. The summed E-state index contributed by atoms with van der Waals surface area (Å²) in [6.45, 7) is 0. The number of imide groups is 2. The van der Waals surface area contributed by atoms with Crippen LogP contribution in [0.2, 0.25) is 0 Å². The zero-order valence-electron chi connectivity index (χ0n) is 16.5. The summed E-state index contributed by atoms with van der Waals surface area (Å²) in [6, 6.07) is 20.8. The summed E-state index contributed by atoms with van der Waals surface area (Å²) in [5.74, 6) is -1.81. The van der Waals surface area contributed by atoms with E-state index in [1.54, 1.807) is 60.7 Å². The summed E-state index contributed by atoms with van der Waals surface area (Å²) >= 11 is 0. The van der Waals surface area contributed by atoms with Crippen LogP contribution in [0.4, 0.5) is 10.5 Å². The molecule has 4 rings (SSSR count). The van der Waals surface area contributed by atoms with Crippen molar-refractivity contribution in [3.05, 3.63) is 96.1 Å². The second kappa shape index (κ2) is 8.48. The molecule has 0 unspecified atom stereocenters. The number of carbonyl (C=O) groups excluding carboxylic acids is 3. The minimum atomic E-state index is -4.15. The number of hydrogen-bond donors (Lipinski definition) is 1. The number of anilines is 1. The lowest BCUT2D eigenvalue weighted by atomic mass is 10.1. The van der Waals surface area contributed by atoms with Crippen LogP contribution in [0.25, 0.3) is 6.08 Å². The predicted molar refractivity (Wildman–Crippen MR) is 116 cm³/mol. The monoisotopic (exact) mass is 448 g/mol. The third-order valence-corrected chi connectivity index (χ3v) is 5.81. The van der Waals surface area contributed by atoms with Crippen molar-refractivity contribution >= 4 is 39.7 Å².